The van der Waals surface area contributed by atoms with Crippen molar-refractivity contribution in [3.8, 4) is 0 Å². The van der Waals surface area contributed by atoms with E-state index in [1.807, 2.05) is 60.7 Å². The molecule has 0 aliphatic carbocycles. The lowest BCUT2D eigenvalue weighted by molar-refractivity contribution is -0.174. The Kier molecular flexibility index (Phi) is 7.55. The normalized spacial score (nSPS) is 14.0. The van der Waals surface area contributed by atoms with Gasteiger partial charge in [-0.15, -0.1) is 0 Å². The third kappa shape index (κ3) is 4.55. The number of carbonyl (C=O) groups is 2. The third-order valence-corrected chi connectivity index (χ3v) is 4.73. The van der Waals surface area contributed by atoms with Crippen LogP contribution in [0.2, 0.25) is 0 Å². The van der Waals surface area contributed by atoms with Gasteiger partial charge in [-0.3, -0.25) is 9.59 Å². The molecule has 2 atom stereocenters. The van der Waals surface area contributed by atoms with Gasteiger partial charge in [0.15, 0.2) is 5.41 Å². The van der Waals surface area contributed by atoms with E-state index in [1.54, 1.807) is 13.8 Å². The van der Waals surface area contributed by atoms with Crippen LogP contribution in [0.4, 0.5) is 0 Å². The molecule has 27 heavy (non-hydrogen) atoms. The van der Waals surface area contributed by atoms with Crippen LogP contribution in [0.3, 0.4) is 0 Å². The maximum Gasteiger partial charge on any atom is 0.325 e. The molecule has 0 radical (unpaired) electrons. The Bertz CT molecular complexity index is 732. The predicted molar refractivity (Wildman–Crippen MR) is 104 cm³/mol. The van der Waals surface area contributed by atoms with E-state index < -0.39 is 23.4 Å². The van der Waals surface area contributed by atoms with Crippen LogP contribution in [0.5, 0.6) is 0 Å². The van der Waals surface area contributed by atoms with Gasteiger partial charge in [0.05, 0.1) is 19.8 Å². The zero-order valence-electron chi connectivity index (χ0n) is 16.1. The van der Waals surface area contributed by atoms with E-state index in [2.05, 4.69) is 5.32 Å². The Morgan fingerprint density at radius 2 is 1.56 bits per heavy atom. The molecule has 144 valence electrons. The topological polar surface area (TPSA) is 64.6 Å². The van der Waals surface area contributed by atoms with E-state index in [9.17, 15) is 9.59 Å². The van der Waals surface area contributed by atoms with Gasteiger partial charge in [-0.25, -0.2) is 0 Å². The van der Waals surface area contributed by atoms with E-state index in [0.29, 0.717) is 6.54 Å². The first kappa shape index (κ1) is 20.6. The number of hydrogen-bond donors (Lipinski definition) is 1. The molecule has 2 unspecified atom stereocenters. The number of hydrogen-bond acceptors (Lipinski definition) is 5. The van der Waals surface area contributed by atoms with E-state index in [0.717, 1.165) is 11.1 Å². The fraction of sp³-hybridized carbons (Fsp3) is 0.364. The molecule has 0 saturated heterocycles. The van der Waals surface area contributed by atoms with E-state index in [4.69, 9.17) is 9.47 Å². The van der Waals surface area contributed by atoms with Crippen molar-refractivity contribution in [3.05, 3.63) is 71.8 Å². The second kappa shape index (κ2) is 9.88. The van der Waals surface area contributed by atoms with Crippen molar-refractivity contribution in [1.29, 1.82) is 0 Å². The van der Waals surface area contributed by atoms with Gasteiger partial charge in [-0.05, 0) is 24.5 Å². The van der Waals surface area contributed by atoms with Crippen LogP contribution < -0.4 is 5.32 Å². The summed E-state index contributed by atoms with van der Waals surface area (Å²) in [5.74, 6) is -1.17. The predicted octanol–water partition coefficient (Wildman–Crippen LogP) is 3.65. The second-order valence-corrected chi connectivity index (χ2v) is 6.25. The van der Waals surface area contributed by atoms with Crippen molar-refractivity contribution in [2.24, 2.45) is 5.41 Å². The van der Waals surface area contributed by atoms with Crippen molar-refractivity contribution in [1.82, 2.24) is 5.32 Å². The molecule has 2 rings (SSSR count). The summed E-state index contributed by atoms with van der Waals surface area (Å²) in [6.07, 6.45) is 0.250. The highest BCUT2D eigenvalue weighted by atomic mass is 16.6. The summed E-state index contributed by atoms with van der Waals surface area (Å²) < 4.78 is 10.3. The Balaban J connectivity index is 2.49. The Morgan fingerprint density at radius 1 is 0.963 bits per heavy atom. The molecule has 0 aliphatic rings. The van der Waals surface area contributed by atoms with Crippen molar-refractivity contribution in [2.45, 2.75) is 32.9 Å². The fourth-order valence-corrected chi connectivity index (χ4v) is 3.29. The van der Waals surface area contributed by atoms with Crippen LogP contribution in [-0.4, -0.2) is 25.7 Å². The Hall–Kier alpha value is -2.66. The summed E-state index contributed by atoms with van der Waals surface area (Å²) in [7, 11) is 1.30. The van der Waals surface area contributed by atoms with Gasteiger partial charge < -0.3 is 14.8 Å². The molecule has 0 spiro atoms. The minimum Gasteiger partial charge on any atom is -0.468 e. The summed E-state index contributed by atoms with van der Waals surface area (Å²) >= 11 is 0. The zero-order chi connectivity index (χ0) is 19.7. The molecule has 0 aliphatic heterocycles. The number of methoxy groups -OCH3 is 1. The molecular weight excluding hydrogens is 342 g/mol. The zero-order valence-corrected chi connectivity index (χ0v) is 16.1. The molecular formula is C22H27NO4. The first-order valence-electron chi connectivity index (χ1n) is 9.18. The van der Waals surface area contributed by atoms with Crippen LogP contribution in [0.15, 0.2) is 60.7 Å². The lowest BCUT2D eigenvalue weighted by Crippen LogP contribution is -2.50. The summed E-state index contributed by atoms with van der Waals surface area (Å²) in [4.78, 5) is 25.8. The van der Waals surface area contributed by atoms with Crippen LogP contribution >= 0.6 is 0 Å². The molecule has 0 bridgehead atoms. The van der Waals surface area contributed by atoms with Gasteiger partial charge in [0, 0.05) is 6.54 Å². The van der Waals surface area contributed by atoms with Gasteiger partial charge in [0.25, 0.3) is 0 Å². The van der Waals surface area contributed by atoms with E-state index in [-0.39, 0.29) is 13.0 Å². The largest absolute Gasteiger partial charge is 0.468 e. The van der Waals surface area contributed by atoms with Crippen molar-refractivity contribution in [3.63, 3.8) is 0 Å². The Morgan fingerprint density at radius 3 is 2.07 bits per heavy atom. The summed E-state index contributed by atoms with van der Waals surface area (Å²) in [5.41, 5.74) is 0.409. The van der Waals surface area contributed by atoms with E-state index in [1.165, 1.54) is 7.11 Å². The highest BCUT2D eigenvalue weighted by Gasteiger charge is 2.54. The van der Waals surface area contributed by atoms with Crippen LogP contribution in [0.1, 0.15) is 37.4 Å². The second-order valence-electron chi connectivity index (χ2n) is 6.25. The number of esters is 2. The SMILES string of the molecule is CCOC(=O)C(CC)(C(=O)OC)C(NCc1ccccc1)c1ccccc1. The van der Waals surface area contributed by atoms with Gasteiger partial charge in [0.2, 0.25) is 0 Å². The summed E-state index contributed by atoms with van der Waals surface area (Å²) in [5, 5.41) is 3.40. The minimum absolute atomic E-state index is 0.192. The maximum absolute atomic E-state index is 13.0. The molecule has 0 fully saturated rings. The first-order valence-corrected chi connectivity index (χ1v) is 9.18. The fourth-order valence-electron chi connectivity index (χ4n) is 3.29. The van der Waals surface area contributed by atoms with Crippen molar-refractivity contribution >= 4 is 11.9 Å². The number of ether oxygens (including phenoxy) is 2. The molecule has 5 nitrogen and oxygen atoms in total. The quantitative estimate of drug-likeness (QED) is 0.540. The molecule has 0 heterocycles. The van der Waals surface area contributed by atoms with Crippen LogP contribution in [-0.2, 0) is 25.6 Å². The first-order chi connectivity index (χ1) is 13.1. The van der Waals surface area contributed by atoms with Crippen molar-refractivity contribution < 1.29 is 19.1 Å². The summed E-state index contributed by atoms with van der Waals surface area (Å²) in [6, 6.07) is 18.7. The molecule has 1 N–H and O–H groups in total. The summed E-state index contributed by atoms with van der Waals surface area (Å²) in [6.45, 7) is 4.22. The van der Waals surface area contributed by atoms with Crippen LogP contribution in [0.25, 0.3) is 0 Å². The standard InChI is InChI=1S/C22H27NO4/c1-4-22(20(24)26-3,21(25)27-5-2)19(18-14-10-7-11-15-18)23-16-17-12-8-6-9-13-17/h6-15,19,23H,4-5,16H2,1-3H3. The number of rotatable bonds is 9. The average Bonchev–Trinajstić information content (AvgIpc) is 2.72. The van der Waals surface area contributed by atoms with Gasteiger partial charge >= 0.3 is 11.9 Å². The highest BCUT2D eigenvalue weighted by Crippen LogP contribution is 2.40. The number of benzene rings is 2. The molecule has 5 heteroatoms. The molecule has 2 aromatic carbocycles. The van der Waals surface area contributed by atoms with Gasteiger partial charge in [0.1, 0.15) is 0 Å². The lowest BCUT2D eigenvalue weighted by atomic mass is 9.74. The minimum atomic E-state index is -1.47. The smallest absolute Gasteiger partial charge is 0.325 e. The molecule has 0 saturated carbocycles. The maximum atomic E-state index is 13.0. The third-order valence-electron chi connectivity index (χ3n) is 4.73. The van der Waals surface area contributed by atoms with Crippen molar-refractivity contribution in [2.75, 3.05) is 13.7 Å². The van der Waals surface area contributed by atoms with Gasteiger partial charge in [-0.1, -0.05) is 67.6 Å². The van der Waals surface area contributed by atoms with Crippen LogP contribution in [0, 0.1) is 5.41 Å². The monoisotopic (exact) mass is 369 g/mol. The highest BCUT2D eigenvalue weighted by molar-refractivity contribution is 6.01. The number of nitrogens with one attached hydrogen (secondary N) is 1. The van der Waals surface area contributed by atoms with E-state index >= 15 is 0 Å². The molecule has 2 aromatic rings. The average molecular weight is 369 g/mol. The Labute approximate surface area is 160 Å². The van der Waals surface area contributed by atoms with Gasteiger partial charge in [-0.2, -0.15) is 0 Å². The molecule has 0 aromatic heterocycles. The number of carbonyl (C=O) groups excluding carboxylic acids is 2. The molecule has 0 amide bonds. The lowest BCUT2D eigenvalue weighted by Gasteiger charge is -2.36.